The number of fused-ring (bicyclic) bond motifs is 6. The smallest absolute Gasteiger partial charge is 0.303 e. The van der Waals surface area contributed by atoms with Gasteiger partial charge >= 0.3 is 11.9 Å². The van der Waals surface area contributed by atoms with Gasteiger partial charge in [0.15, 0.2) is 34.5 Å². The summed E-state index contributed by atoms with van der Waals surface area (Å²) >= 11 is 0. The van der Waals surface area contributed by atoms with Crippen molar-refractivity contribution in [1.29, 1.82) is 0 Å². The Morgan fingerprint density at radius 3 is 0.732 bits per heavy atom. The molecule has 10 heteroatoms. The lowest BCUT2D eigenvalue weighted by Crippen LogP contribution is -2.06. The molecule has 2 N–H and O–H groups in total. The van der Waals surface area contributed by atoms with E-state index >= 15 is 0 Å². The van der Waals surface area contributed by atoms with Gasteiger partial charge in [-0.1, -0.05) is 79.1 Å². The van der Waals surface area contributed by atoms with E-state index in [-0.39, 0.29) is 26.1 Å². The van der Waals surface area contributed by atoms with Crippen LogP contribution in [-0.4, -0.2) is 61.8 Å². The van der Waals surface area contributed by atoms with E-state index in [2.05, 4.69) is 39.8 Å². The number of unbranched alkanes of at least 4 members (excludes halogenated alkanes) is 8. The van der Waals surface area contributed by atoms with Gasteiger partial charge in [0.25, 0.3) is 0 Å². The van der Waals surface area contributed by atoms with Crippen LogP contribution in [0.2, 0.25) is 0 Å². The molecule has 0 bridgehead atoms. The third-order valence-corrected chi connectivity index (χ3v) is 9.73. The highest BCUT2D eigenvalue weighted by Crippen LogP contribution is 2.47. The molecule has 0 heterocycles. The third-order valence-electron chi connectivity index (χ3n) is 9.73. The Morgan fingerprint density at radius 1 is 0.357 bits per heavy atom. The van der Waals surface area contributed by atoms with Crippen molar-refractivity contribution in [1.82, 2.24) is 0 Å². The first-order chi connectivity index (χ1) is 27.3. The average molecular weight is 777 g/mol. The van der Waals surface area contributed by atoms with E-state index in [1.165, 1.54) is 0 Å². The minimum atomic E-state index is -0.863. The highest BCUT2D eigenvalue weighted by Gasteiger charge is 2.21. The first kappa shape index (κ1) is 44.1. The molecule has 0 amide bonds. The third kappa shape index (κ3) is 13.3. The predicted octanol–water partition coefficient (Wildman–Crippen LogP) is 11.9. The predicted molar refractivity (Wildman–Crippen MR) is 224 cm³/mol. The normalized spacial score (nSPS) is 11.3. The van der Waals surface area contributed by atoms with Crippen LogP contribution in [0, 0.1) is 0 Å². The number of aliphatic carboxylic acids is 2. The number of hydrogen-bond donors (Lipinski definition) is 2. The molecule has 0 spiro atoms. The molecule has 0 aliphatic heterocycles. The first-order valence-electron chi connectivity index (χ1n) is 21.1. The molecule has 0 unspecified atom stereocenters. The van der Waals surface area contributed by atoms with Crippen LogP contribution in [0.25, 0.3) is 32.3 Å². The molecule has 0 aromatic heterocycles. The summed E-state index contributed by atoms with van der Waals surface area (Å²) in [4.78, 5) is 22.6. The maximum atomic E-state index is 11.3. The number of ether oxygens (including phenoxy) is 6. The van der Waals surface area contributed by atoms with Gasteiger partial charge in [-0.05, 0) is 107 Å². The summed E-state index contributed by atoms with van der Waals surface area (Å²) < 4.78 is 38.3. The van der Waals surface area contributed by atoms with Crippen molar-refractivity contribution in [2.45, 2.75) is 130 Å². The van der Waals surface area contributed by atoms with Crippen LogP contribution in [-0.2, 0) is 9.59 Å². The molecular formula is C46H64O10. The van der Waals surface area contributed by atoms with E-state index in [4.69, 9.17) is 28.4 Å². The maximum absolute atomic E-state index is 11.3. The second-order valence-corrected chi connectivity index (χ2v) is 14.4. The molecule has 56 heavy (non-hydrogen) atoms. The zero-order valence-electron chi connectivity index (χ0n) is 34.2. The monoisotopic (exact) mass is 776 g/mol. The van der Waals surface area contributed by atoms with Crippen molar-refractivity contribution < 1.29 is 48.2 Å². The van der Waals surface area contributed by atoms with Crippen LogP contribution in [0.1, 0.15) is 130 Å². The minimum absolute atomic E-state index is 0.00927. The fourth-order valence-corrected chi connectivity index (χ4v) is 6.64. The second kappa shape index (κ2) is 24.1. The lowest BCUT2D eigenvalue weighted by molar-refractivity contribution is -0.138. The van der Waals surface area contributed by atoms with Gasteiger partial charge in [-0.15, -0.1) is 0 Å². The molecule has 4 rings (SSSR count). The van der Waals surface area contributed by atoms with Gasteiger partial charge < -0.3 is 38.6 Å². The molecular weight excluding hydrogens is 712 g/mol. The van der Waals surface area contributed by atoms with Gasteiger partial charge in [0.2, 0.25) is 0 Å². The number of carbonyl (C=O) groups is 2. The van der Waals surface area contributed by atoms with Crippen molar-refractivity contribution in [2.75, 3.05) is 39.6 Å². The number of carboxylic acids is 2. The molecule has 0 fully saturated rings. The number of hydrogen-bond acceptors (Lipinski definition) is 8. The molecule has 0 saturated carbocycles. The van der Waals surface area contributed by atoms with Crippen LogP contribution in [0.15, 0.2) is 36.4 Å². The van der Waals surface area contributed by atoms with Gasteiger partial charge in [-0.2, -0.15) is 0 Å². The second-order valence-electron chi connectivity index (χ2n) is 14.4. The molecule has 0 atom stereocenters. The van der Waals surface area contributed by atoms with Crippen LogP contribution in [0.4, 0.5) is 0 Å². The largest absolute Gasteiger partial charge is 0.490 e. The minimum Gasteiger partial charge on any atom is -0.490 e. The van der Waals surface area contributed by atoms with Gasteiger partial charge in [0.1, 0.15) is 0 Å². The fourth-order valence-electron chi connectivity index (χ4n) is 6.64. The van der Waals surface area contributed by atoms with Crippen molar-refractivity contribution >= 4 is 44.3 Å². The van der Waals surface area contributed by atoms with E-state index < -0.39 is 11.9 Å². The van der Waals surface area contributed by atoms with E-state index in [9.17, 15) is 19.8 Å². The first-order valence-corrected chi connectivity index (χ1v) is 21.1. The van der Waals surface area contributed by atoms with Crippen LogP contribution in [0.3, 0.4) is 0 Å². The Kier molecular flexibility index (Phi) is 19.0. The number of rotatable bonds is 30. The standard InChI is InChI=1S/C46H64O10/c1-5-9-13-21-51-39-27-33-34(28-40(39)52-22-14-10-6-2)38-32-44(56-26-18-20-46(49)50)42(54-24-16-12-8-4)30-36(38)35-29-41(53-23-15-11-7-3)43(31-37(33)35)55-25-17-19-45(47)48/h27-32H,5-26H2,1-4H3,(H,47,48)(H,49,50). The van der Waals surface area contributed by atoms with Crippen LogP contribution < -0.4 is 28.4 Å². The maximum Gasteiger partial charge on any atom is 0.303 e. The van der Waals surface area contributed by atoms with Gasteiger partial charge in [-0.3, -0.25) is 9.59 Å². The number of benzene rings is 4. The fraction of sp³-hybridized carbons (Fsp3) is 0.565. The molecule has 0 saturated heterocycles. The van der Waals surface area contributed by atoms with E-state index in [0.29, 0.717) is 73.8 Å². The molecule has 4 aromatic carbocycles. The van der Waals surface area contributed by atoms with E-state index in [1.807, 2.05) is 24.3 Å². The summed E-state index contributed by atoms with van der Waals surface area (Å²) in [5.74, 6) is 1.92. The zero-order chi connectivity index (χ0) is 40.1. The summed E-state index contributed by atoms with van der Waals surface area (Å²) in [5.41, 5.74) is 0. The summed E-state index contributed by atoms with van der Waals surface area (Å²) in [6.07, 6.45) is 12.9. The lowest BCUT2D eigenvalue weighted by atomic mass is 9.93. The zero-order valence-corrected chi connectivity index (χ0v) is 34.2. The van der Waals surface area contributed by atoms with Crippen molar-refractivity contribution in [3.8, 4) is 34.5 Å². The van der Waals surface area contributed by atoms with Crippen molar-refractivity contribution in [3.05, 3.63) is 36.4 Å². The summed E-state index contributed by atoms with van der Waals surface area (Å²) in [6.45, 7) is 11.3. The Morgan fingerprint density at radius 2 is 0.554 bits per heavy atom. The molecule has 10 nitrogen and oxygen atoms in total. The SMILES string of the molecule is CCCCCOc1cc2c(cc1OCCCCC)c1cc(OCCCC(=O)O)c(OCCCCC)cc1c1cc(OCCCCC)c(OCCCC(=O)O)cc21. The Balaban J connectivity index is 2.00. The van der Waals surface area contributed by atoms with Crippen LogP contribution >= 0.6 is 0 Å². The van der Waals surface area contributed by atoms with Gasteiger partial charge in [0.05, 0.1) is 39.6 Å². The molecule has 0 aliphatic carbocycles. The summed E-state index contributed by atoms with van der Waals surface area (Å²) in [7, 11) is 0. The Labute approximate surface area is 332 Å². The highest BCUT2D eigenvalue weighted by atomic mass is 16.5. The molecule has 0 radical (unpaired) electrons. The van der Waals surface area contributed by atoms with Crippen LogP contribution in [0.5, 0.6) is 34.5 Å². The van der Waals surface area contributed by atoms with Crippen molar-refractivity contribution in [2.24, 2.45) is 0 Å². The lowest BCUT2D eigenvalue weighted by Gasteiger charge is -2.20. The van der Waals surface area contributed by atoms with Gasteiger partial charge in [-0.25, -0.2) is 0 Å². The van der Waals surface area contributed by atoms with Gasteiger partial charge in [0, 0.05) is 12.8 Å². The topological polar surface area (TPSA) is 130 Å². The van der Waals surface area contributed by atoms with E-state index in [1.54, 1.807) is 0 Å². The summed E-state index contributed by atoms with van der Waals surface area (Å²) in [6, 6.07) is 12.2. The number of carboxylic acid groups (broad SMARTS) is 2. The molecule has 0 aliphatic rings. The Hall–Kier alpha value is -4.60. The average Bonchev–Trinajstić information content (AvgIpc) is 3.18. The molecule has 308 valence electrons. The highest BCUT2D eigenvalue weighted by molar-refractivity contribution is 6.26. The Bertz CT molecular complexity index is 1680. The van der Waals surface area contributed by atoms with Crippen molar-refractivity contribution in [3.63, 3.8) is 0 Å². The van der Waals surface area contributed by atoms with E-state index in [0.717, 1.165) is 109 Å². The molecule has 4 aromatic rings. The quantitative estimate of drug-likeness (QED) is 0.0390. The summed E-state index contributed by atoms with van der Waals surface area (Å²) in [5, 5.41) is 24.1.